The molecule has 1 heterocycles. The van der Waals surface area contributed by atoms with Crippen LogP contribution in [0.1, 0.15) is 31.1 Å². The van der Waals surface area contributed by atoms with Gasteiger partial charge in [0.1, 0.15) is 22.0 Å². The number of ketones is 1. The first-order chi connectivity index (χ1) is 22.5. The number of ether oxygens (including phenoxy) is 1. The van der Waals surface area contributed by atoms with Gasteiger partial charge in [-0.25, -0.2) is 9.80 Å². The molecule has 0 radical (unpaired) electrons. The maximum atomic E-state index is 14.1. The van der Waals surface area contributed by atoms with Crippen LogP contribution in [0.15, 0.2) is 76.8 Å². The van der Waals surface area contributed by atoms with Gasteiger partial charge in [-0.1, -0.05) is 81.2 Å². The number of nitrogens with zero attached hydrogens (tertiary/aromatic N) is 2. The summed E-state index contributed by atoms with van der Waals surface area (Å²) in [5, 5.41) is 1.23. The summed E-state index contributed by atoms with van der Waals surface area (Å²) < 4.78 is 3.15. The van der Waals surface area contributed by atoms with Gasteiger partial charge < -0.3 is 4.74 Å². The van der Waals surface area contributed by atoms with Gasteiger partial charge in [-0.05, 0) is 66.7 Å². The maximum absolute atomic E-state index is 14.1. The summed E-state index contributed by atoms with van der Waals surface area (Å²) in [6, 6.07) is 15.1. The summed E-state index contributed by atoms with van der Waals surface area (Å²) in [6.45, 7) is -0.815. The van der Waals surface area contributed by atoms with Crippen molar-refractivity contribution in [3.63, 3.8) is 0 Å². The summed E-state index contributed by atoms with van der Waals surface area (Å²) in [4.78, 5) is 64.0. The van der Waals surface area contributed by atoms with E-state index in [-0.39, 0.29) is 37.5 Å². The molecule has 0 unspecified atom stereocenters. The Balaban J connectivity index is 1.30. The summed E-state index contributed by atoms with van der Waals surface area (Å²) in [5.74, 6) is -7.50. The van der Waals surface area contributed by atoms with E-state index in [1.807, 2.05) is 0 Å². The van der Waals surface area contributed by atoms with Crippen LogP contribution in [0.4, 0.5) is 0 Å². The molecule has 48 heavy (non-hydrogen) atoms. The minimum Gasteiger partial charge on any atom is -0.423 e. The molecule has 0 N–H and O–H groups in total. The number of carbonyl (C=O) groups is 5. The minimum absolute atomic E-state index is 0.0182. The summed E-state index contributed by atoms with van der Waals surface area (Å²) >= 11 is 57.5. The van der Waals surface area contributed by atoms with Crippen molar-refractivity contribution in [1.29, 1.82) is 0 Å². The molecule has 2 bridgehead atoms. The Labute approximate surface area is 317 Å². The highest BCUT2D eigenvalue weighted by molar-refractivity contribution is 6.67. The lowest BCUT2D eigenvalue weighted by Crippen LogP contribution is -2.56. The molecule has 1 aliphatic heterocycles. The lowest BCUT2D eigenvalue weighted by molar-refractivity contribution is -0.154. The Morgan fingerprint density at radius 1 is 0.708 bits per heavy atom. The first kappa shape index (κ1) is 35.6. The van der Waals surface area contributed by atoms with Gasteiger partial charge in [-0.15, -0.1) is 23.2 Å². The van der Waals surface area contributed by atoms with Crippen molar-refractivity contribution in [3.8, 4) is 5.75 Å². The van der Waals surface area contributed by atoms with E-state index in [2.05, 4.69) is 0 Å². The fraction of sp³-hybridized carbons (Fsp3) is 0.194. The van der Waals surface area contributed by atoms with Gasteiger partial charge in [0.2, 0.25) is 0 Å². The Hall–Kier alpha value is -2.24. The van der Waals surface area contributed by atoms with Gasteiger partial charge in [0, 0.05) is 21.2 Å². The Kier molecular flexibility index (Phi) is 9.28. The zero-order chi connectivity index (χ0) is 35.1. The smallest absolute Gasteiger partial charge is 0.345 e. The molecule has 1 saturated heterocycles. The number of halogens is 9. The molecule has 17 heteroatoms. The van der Waals surface area contributed by atoms with Crippen LogP contribution in [-0.2, 0) is 9.59 Å². The fourth-order valence-electron chi connectivity index (χ4n) is 5.95. The second-order valence-corrected chi connectivity index (χ2v) is 15.5. The molecule has 3 aromatic rings. The number of allylic oxidation sites excluding steroid dienone is 2. The number of amides is 3. The van der Waals surface area contributed by atoms with Crippen molar-refractivity contribution in [2.75, 3.05) is 6.54 Å². The highest BCUT2D eigenvalue weighted by Crippen LogP contribution is 2.77. The molecule has 248 valence electrons. The van der Waals surface area contributed by atoms with Crippen molar-refractivity contribution in [2.45, 2.75) is 14.1 Å². The molecule has 3 aliphatic rings. The highest BCUT2D eigenvalue weighted by Gasteiger charge is 2.88. The number of hydrazine groups is 1. The average Bonchev–Trinajstić information content (AvgIpc) is 3.42. The van der Waals surface area contributed by atoms with E-state index in [9.17, 15) is 24.0 Å². The molecule has 6 rings (SSSR count). The van der Waals surface area contributed by atoms with Crippen LogP contribution in [0.3, 0.4) is 0 Å². The van der Waals surface area contributed by atoms with E-state index in [1.165, 1.54) is 66.7 Å². The van der Waals surface area contributed by atoms with Crippen LogP contribution in [0.5, 0.6) is 5.75 Å². The molecule has 8 nitrogen and oxygen atoms in total. The SMILES string of the molecule is O=C(CN(C(=O)c1ccc(Cl)cc1)N1C(=O)[C@H]2[C@H](C1=O)[C@@]1(Cl)C(Cl)=C(Cl)[C@@]2(Cl)C1(Cl)Cl)c1ccc(OC(=O)c2ccc(Cl)cc2Cl)cc1. The van der Waals surface area contributed by atoms with Gasteiger partial charge in [0.25, 0.3) is 17.7 Å². The van der Waals surface area contributed by atoms with Crippen molar-refractivity contribution >= 4 is 134 Å². The molecular formula is C31H15Cl9N2O6. The predicted molar refractivity (Wildman–Crippen MR) is 184 cm³/mol. The minimum atomic E-state index is -2.20. The molecule has 1 saturated carbocycles. The van der Waals surface area contributed by atoms with Gasteiger partial charge in [-0.2, -0.15) is 5.01 Å². The molecule has 0 spiro atoms. The number of carbonyl (C=O) groups excluding carboxylic acids is 5. The highest BCUT2D eigenvalue weighted by atomic mass is 35.5. The summed E-state index contributed by atoms with van der Waals surface area (Å²) in [5.41, 5.74) is 0.0744. The van der Waals surface area contributed by atoms with Crippen molar-refractivity contribution < 1.29 is 28.7 Å². The fourth-order valence-corrected chi connectivity index (χ4v) is 9.49. The molecule has 2 aliphatic carbocycles. The average molecular weight is 831 g/mol. The van der Waals surface area contributed by atoms with E-state index in [0.717, 1.165) is 0 Å². The van der Waals surface area contributed by atoms with E-state index in [0.29, 0.717) is 20.1 Å². The predicted octanol–water partition coefficient (Wildman–Crippen LogP) is 8.55. The third-order valence-corrected chi connectivity index (χ3v) is 13.3. The number of hydrogen-bond donors (Lipinski definition) is 0. The van der Waals surface area contributed by atoms with E-state index >= 15 is 0 Å². The van der Waals surface area contributed by atoms with Crippen LogP contribution >= 0.6 is 104 Å². The Bertz CT molecular complexity index is 1920. The first-order valence-corrected chi connectivity index (χ1v) is 16.9. The number of esters is 1. The van der Waals surface area contributed by atoms with Gasteiger partial charge >= 0.3 is 5.97 Å². The first-order valence-electron chi connectivity index (χ1n) is 13.5. The van der Waals surface area contributed by atoms with Crippen LogP contribution in [0.2, 0.25) is 15.1 Å². The second-order valence-electron chi connectivity index (χ2n) is 10.9. The maximum Gasteiger partial charge on any atom is 0.345 e. The number of fused-ring (bicyclic) bond motifs is 5. The topological polar surface area (TPSA) is 101 Å². The Morgan fingerprint density at radius 2 is 1.21 bits per heavy atom. The van der Waals surface area contributed by atoms with E-state index in [1.54, 1.807) is 0 Å². The zero-order valence-corrected chi connectivity index (χ0v) is 30.3. The third-order valence-electron chi connectivity index (χ3n) is 8.28. The largest absolute Gasteiger partial charge is 0.423 e. The summed E-state index contributed by atoms with van der Waals surface area (Å²) in [7, 11) is 0. The van der Waals surface area contributed by atoms with Crippen LogP contribution in [0.25, 0.3) is 0 Å². The quantitative estimate of drug-likeness (QED) is 0.0779. The summed E-state index contributed by atoms with van der Waals surface area (Å²) in [6.07, 6.45) is 0. The van der Waals surface area contributed by atoms with Gasteiger partial charge in [-0.3, -0.25) is 19.2 Å². The lowest BCUT2D eigenvalue weighted by atomic mass is 9.84. The van der Waals surface area contributed by atoms with Crippen molar-refractivity contribution in [3.05, 3.63) is 109 Å². The molecule has 3 amide bonds. The van der Waals surface area contributed by atoms with Crippen molar-refractivity contribution in [1.82, 2.24) is 10.0 Å². The second kappa shape index (κ2) is 12.5. The van der Waals surface area contributed by atoms with Crippen LogP contribution < -0.4 is 4.74 Å². The molecule has 2 fully saturated rings. The lowest BCUT2D eigenvalue weighted by Gasteiger charge is -2.36. The third kappa shape index (κ3) is 5.14. The monoisotopic (exact) mass is 826 g/mol. The molecule has 0 aromatic heterocycles. The van der Waals surface area contributed by atoms with Crippen LogP contribution in [0, 0.1) is 11.8 Å². The standard InChI is InChI=1S/C31H15Cl9N2O6/c32-15-5-1-14(2-6-15)25(44)41(42-26(45)21-22(27(42)46)30(38)24(36)23(35)29(21,37)31(30,39)40)12-20(43)13-3-8-17(9-4-13)48-28(47)18-10-7-16(33)11-19(18)34/h1-11,21-22H,12H2/t21-,22-,29-,30-/m1/s1. The van der Waals surface area contributed by atoms with Gasteiger partial charge in [0.05, 0.1) is 32.5 Å². The van der Waals surface area contributed by atoms with Crippen molar-refractivity contribution in [2.24, 2.45) is 11.8 Å². The number of hydrogen-bond acceptors (Lipinski definition) is 6. The zero-order valence-electron chi connectivity index (χ0n) is 23.5. The number of rotatable bonds is 7. The van der Waals surface area contributed by atoms with Gasteiger partial charge in [0.15, 0.2) is 10.1 Å². The number of benzene rings is 3. The normalized spacial score (nSPS) is 25.4. The number of imide groups is 1. The Morgan fingerprint density at radius 3 is 1.73 bits per heavy atom. The molecular weight excluding hydrogens is 815 g/mol. The number of alkyl halides is 4. The molecule has 3 aromatic carbocycles. The van der Waals surface area contributed by atoms with Crippen LogP contribution in [-0.4, -0.2) is 60.1 Å². The molecule has 4 atom stereocenters. The van der Waals surface area contributed by atoms with E-state index < -0.39 is 61.9 Å². The van der Waals surface area contributed by atoms with E-state index in [4.69, 9.17) is 109 Å². The number of Topliss-reactive ketones (excluding diaryl/α,β-unsaturated/α-hetero) is 1.